The predicted molar refractivity (Wildman–Crippen MR) is 123 cm³/mol. The van der Waals surface area contributed by atoms with Crippen molar-refractivity contribution in [1.82, 2.24) is 15.6 Å². The van der Waals surface area contributed by atoms with Crippen molar-refractivity contribution in [1.29, 1.82) is 0 Å². The second kappa shape index (κ2) is 9.61. The van der Waals surface area contributed by atoms with Gasteiger partial charge in [0.05, 0.1) is 0 Å². The fourth-order valence-corrected chi connectivity index (χ4v) is 3.66. The molecule has 0 saturated carbocycles. The Balaban J connectivity index is 1.25. The van der Waals surface area contributed by atoms with E-state index in [9.17, 15) is 4.79 Å². The normalized spacial score (nSPS) is 11.0. The smallest absolute Gasteiger partial charge is 0.251 e. The first-order valence-corrected chi connectivity index (χ1v) is 10.4. The van der Waals surface area contributed by atoms with Crippen LogP contribution < -0.4 is 10.6 Å². The minimum atomic E-state index is -0.0586. The van der Waals surface area contributed by atoms with Gasteiger partial charge in [-0.25, -0.2) is 0 Å². The highest BCUT2D eigenvalue weighted by molar-refractivity contribution is 6.31. The molecule has 4 nitrogen and oxygen atoms in total. The molecule has 0 aliphatic rings. The number of aromatic amines is 1. The number of halogens is 1. The number of carbonyl (C=O) groups excluding carboxylic acids is 1. The van der Waals surface area contributed by atoms with Crippen LogP contribution in [0.4, 0.5) is 0 Å². The van der Waals surface area contributed by atoms with Crippen molar-refractivity contribution in [2.75, 3.05) is 6.54 Å². The lowest BCUT2D eigenvalue weighted by Gasteiger charge is -2.08. The molecule has 3 aromatic carbocycles. The third kappa shape index (κ3) is 5.09. The van der Waals surface area contributed by atoms with Gasteiger partial charge in [0.1, 0.15) is 0 Å². The van der Waals surface area contributed by atoms with E-state index in [4.69, 9.17) is 11.6 Å². The van der Waals surface area contributed by atoms with E-state index in [1.165, 1.54) is 5.56 Å². The van der Waals surface area contributed by atoms with E-state index >= 15 is 0 Å². The van der Waals surface area contributed by atoms with Crippen molar-refractivity contribution < 1.29 is 4.79 Å². The topological polar surface area (TPSA) is 56.9 Å². The fourth-order valence-electron chi connectivity index (χ4n) is 3.49. The summed E-state index contributed by atoms with van der Waals surface area (Å²) in [5, 5.41) is 8.24. The summed E-state index contributed by atoms with van der Waals surface area (Å²) in [5.41, 5.74) is 5.28. The van der Waals surface area contributed by atoms with Gasteiger partial charge in [-0.1, -0.05) is 54.1 Å². The molecular formula is C25H24ClN3O. The lowest BCUT2D eigenvalue weighted by Crippen LogP contribution is -2.25. The van der Waals surface area contributed by atoms with E-state index in [0.717, 1.165) is 41.5 Å². The molecule has 0 unspecified atom stereocenters. The molecule has 0 aliphatic carbocycles. The van der Waals surface area contributed by atoms with E-state index in [0.29, 0.717) is 17.1 Å². The zero-order valence-electron chi connectivity index (χ0n) is 16.6. The highest BCUT2D eigenvalue weighted by Crippen LogP contribution is 2.22. The Morgan fingerprint density at radius 3 is 2.40 bits per heavy atom. The number of carbonyl (C=O) groups is 1. The molecule has 0 fully saturated rings. The first-order valence-electron chi connectivity index (χ1n) is 10.1. The lowest BCUT2D eigenvalue weighted by atomic mass is 10.1. The van der Waals surface area contributed by atoms with Crippen LogP contribution in [-0.4, -0.2) is 17.4 Å². The van der Waals surface area contributed by atoms with Gasteiger partial charge in [0, 0.05) is 47.3 Å². The molecular weight excluding hydrogens is 394 g/mol. The zero-order valence-corrected chi connectivity index (χ0v) is 17.4. The SMILES string of the molecule is O=C(NCCc1c[nH]c2ccc(Cl)cc12)c1ccc(CNCc2ccccc2)cc1. The van der Waals surface area contributed by atoms with Crippen LogP contribution in [0, 0.1) is 0 Å². The number of rotatable bonds is 8. The molecule has 0 spiro atoms. The van der Waals surface area contributed by atoms with Crippen molar-refractivity contribution in [3.8, 4) is 0 Å². The zero-order chi connectivity index (χ0) is 20.8. The number of amides is 1. The summed E-state index contributed by atoms with van der Waals surface area (Å²) < 4.78 is 0. The summed E-state index contributed by atoms with van der Waals surface area (Å²) in [7, 11) is 0. The Kier molecular flexibility index (Phi) is 6.47. The molecule has 4 rings (SSSR count). The molecule has 0 atom stereocenters. The number of fused-ring (bicyclic) bond motifs is 1. The van der Waals surface area contributed by atoms with Gasteiger partial charge in [-0.3, -0.25) is 4.79 Å². The molecule has 1 heterocycles. The van der Waals surface area contributed by atoms with Gasteiger partial charge in [-0.15, -0.1) is 0 Å². The second-order valence-electron chi connectivity index (χ2n) is 7.30. The van der Waals surface area contributed by atoms with Crippen LogP contribution in [0.5, 0.6) is 0 Å². The first-order chi connectivity index (χ1) is 14.7. The van der Waals surface area contributed by atoms with Crippen molar-refractivity contribution in [3.63, 3.8) is 0 Å². The monoisotopic (exact) mass is 417 g/mol. The Morgan fingerprint density at radius 2 is 1.63 bits per heavy atom. The maximum atomic E-state index is 12.4. The van der Waals surface area contributed by atoms with Crippen molar-refractivity contribution in [3.05, 3.63) is 106 Å². The van der Waals surface area contributed by atoms with E-state index in [1.54, 1.807) is 0 Å². The third-order valence-electron chi connectivity index (χ3n) is 5.13. The Labute approximate surface area is 181 Å². The molecule has 1 aromatic heterocycles. The van der Waals surface area contributed by atoms with Gasteiger partial charge in [0.15, 0.2) is 0 Å². The van der Waals surface area contributed by atoms with E-state index < -0.39 is 0 Å². The number of nitrogens with one attached hydrogen (secondary N) is 3. The number of hydrogen-bond acceptors (Lipinski definition) is 2. The second-order valence-corrected chi connectivity index (χ2v) is 7.73. The molecule has 0 bridgehead atoms. The Bertz CT molecular complexity index is 1120. The Hall–Kier alpha value is -3.08. The summed E-state index contributed by atoms with van der Waals surface area (Å²) >= 11 is 6.10. The average molecular weight is 418 g/mol. The standard InChI is InChI=1S/C25H24ClN3O/c26-22-10-11-24-23(14-22)21(17-29-24)12-13-28-25(30)20-8-6-19(7-9-20)16-27-15-18-4-2-1-3-5-18/h1-11,14,17,27,29H,12-13,15-16H2,(H,28,30). The maximum absolute atomic E-state index is 12.4. The number of hydrogen-bond donors (Lipinski definition) is 3. The third-order valence-corrected chi connectivity index (χ3v) is 5.36. The summed E-state index contributed by atoms with van der Waals surface area (Å²) in [6.07, 6.45) is 2.72. The fraction of sp³-hybridized carbons (Fsp3) is 0.160. The van der Waals surface area contributed by atoms with Crippen LogP contribution in [0.15, 0.2) is 79.0 Å². The summed E-state index contributed by atoms with van der Waals surface area (Å²) in [6.45, 7) is 2.15. The van der Waals surface area contributed by atoms with Crippen LogP contribution in [-0.2, 0) is 19.5 Å². The van der Waals surface area contributed by atoms with Gasteiger partial charge < -0.3 is 15.6 Å². The quantitative estimate of drug-likeness (QED) is 0.374. The molecule has 0 aliphatic heterocycles. The van der Waals surface area contributed by atoms with Gasteiger partial charge in [0.25, 0.3) is 5.91 Å². The van der Waals surface area contributed by atoms with Crippen LogP contribution in [0.3, 0.4) is 0 Å². The molecule has 0 saturated heterocycles. The molecule has 1 amide bonds. The largest absolute Gasteiger partial charge is 0.361 e. The number of H-pyrrole nitrogens is 1. The minimum Gasteiger partial charge on any atom is -0.361 e. The van der Waals surface area contributed by atoms with Crippen LogP contribution >= 0.6 is 11.6 Å². The van der Waals surface area contributed by atoms with E-state index in [-0.39, 0.29) is 5.91 Å². The van der Waals surface area contributed by atoms with Crippen molar-refractivity contribution >= 4 is 28.4 Å². The molecule has 5 heteroatoms. The maximum Gasteiger partial charge on any atom is 0.251 e. The number of aromatic nitrogens is 1. The van der Waals surface area contributed by atoms with Crippen LogP contribution in [0.25, 0.3) is 10.9 Å². The molecule has 30 heavy (non-hydrogen) atoms. The van der Waals surface area contributed by atoms with Gasteiger partial charge in [0.2, 0.25) is 0 Å². The molecule has 4 aromatic rings. The van der Waals surface area contributed by atoms with Crippen LogP contribution in [0.1, 0.15) is 27.0 Å². The summed E-state index contributed by atoms with van der Waals surface area (Å²) in [4.78, 5) is 15.7. The molecule has 3 N–H and O–H groups in total. The van der Waals surface area contributed by atoms with Gasteiger partial charge >= 0.3 is 0 Å². The molecule has 152 valence electrons. The highest BCUT2D eigenvalue weighted by atomic mass is 35.5. The molecule has 0 radical (unpaired) electrons. The van der Waals surface area contributed by atoms with Crippen molar-refractivity contribution in [2.24, 2.45) is 0 Å². The van der Waals surface area contributed by atoms with E-state index in [2.05, 4.69) is 27.8 Å². The van der Waals surface area contributed by atoms with E-state index in [1.807, 2.05) is 66.9 Å². The summed E-state index contributed by atoms with van der Waals surface area (Å²) in [6, 6.07) is 23.8. The van der Waals surface area contributed by atoms with Crippen molar-refractivity contribution in [2.45, 2.75) is 19.5 Å². The predicted octanol–water partition coefficient (Wildman–Crippen LogP) is 5.08. The van der Waals surface area contributed by atoms with Crippen LogP contribution in [0.2, 0.25) is 5.02 Å². The average Bonchev–Trinajstić information content (AvgIpc) is 3.17. The van der Waals surface area contributed by atoms with Gasteiger partial charge in [-0.05, 0) is 53.4 Å². The first kappa shape index (κ1) is 20.2. The number of benzene rings is 3. The Morgan fingerprint density at radius 1 is 0.900 bits per heavy atom. The minimum absolute atomic E-state index is 0.0586. The lowest BCUT2D eigenvalue weighted by molar-refractivity contribution is 0.0954. The summed E-state index contributed by atoms with van der Waals surface area (Å²) in [5.74, 6) is -0.0586. The highest BCUT2D eigenvalue weighted by Gasteiger charge is 2.07. The van der Waals surface area contributed by atoms with Gasteiger partial charge in [-0.2, -0.15) is 0 Å².